The van der Waals surface area contributed by atoms with E-state index in [2.05, 4.69) is 36.5 Å². The molecule has 7 rings (SSSR count). The van der Waals surface area contributed by atoms with Crippen molar-refractivity contribution in [2.24, 2.45) is 53.3 Å². The molecule has 204 valence electrons. The lowest BCUT2D eigenvalue weighted by Crippen LogP contribution is -2.21. The first-order valence-corrected chi connectivity index (χ1v) is 14.7. The minimum Gasteiger partial charge on any atom is -0.462 e. The second kappa shape index (κ2) is 10.1. The molecule has 9 unspecified atom stereocenters. The molecule has 0 spiro atoms. The van der Waals surface area contributed by atoms with E-state index in [1.54, 1.807) is 0 Å². The third-order valence-electron chi connectivity index (χ3n) is 10.2. The highest BCUT2D eigenvalue weighted by Crippen LogP contribution is 2.45. The van der Waals surface area contributed by atoms with Crippen LogP contribution < -0.4 is 0 Å². The Morgan fingerprint density at radius 3 is 1.03 bits per heavy atom. The molecule has 6 aliphatic rings. The highest BCUT2D eigenvalue weighted by atomic mass is 16.5. The lowest BCUT2D eigenvalue weighted by molar-refractivity contribution is 0.0416. The van der Waals surface area contributed by atoms with E-state index >= 15 is 0 Å². The average molecular weight is 529 g/mol. The van der Waals surface area contributed by atoms with Crippen LogP contribution >= 0.6 is 0 Å². The minimum absolute atomic E-state index is 0.181. The van der Waals surface area contributed by atoms with Crippen LogP contribution in [0.4, 0.5) is 0 Å². The molecular formula is C33H36O6. The van der Waals surface area contributed by atoms with Crippen molar-refractivity contribution in [2.75, 3.05) is 19.8 Å². The molecule has 1 aromatic carbocycles. The topological polar surface area (TPSA) is 78.9 Å². The van der Waals surface area contributed by atoms with Crippen LogP contribution in [0.25, 0.3) is 0 Å². The van der Waals surface area contributed by atoms with Gasteiger partial charge in [-0.2, -0.15) is 0 Å². The van der Waals surface area contributed by atoms with Crippen molar-refractivity contribution < 1.29 is 28.6 Å². The van der Waals surface area contributed by atoms with Gasteiger partial charge in [-0.3, -0.25) is 0 Å². The zero-order valence-corrected chi connectivity index (χ0v) is 22.2. The van der Waals surface area contributed by atoms with E-state index in [9.17, 15) is 14.4 Å². The Morgan fingerprint density at radius 2 is 0.795 bits per heavy atom. The summed E-state index contributed by atoms with van der Waals surface area (Å²) in [4.78, 5) is 39.3. The van der Waals surface area contributed by atoms with E-state index in [1.165, 1.54) is 18.2 Å². The molecule has 0 radical (unpaired) electrons. The van der Waals surface area contributed by atoms with E-state index in [4.69, 9.17) is 14.2 Å². The van der Waals surface area contributed by atoms with Crippen LogP contribution in [0.15, 0.2) is 54.7 Å². The van der Waals surface area contributed by atoms with Crippen molar-refractivity contribution >= 4 is 17.9 Å². The van der Waals surface area contributed by atoms with E-state index in [1.807, 2.05) is 0 Å². The number of esters is 3. The SMILES string of the molecule is O=C(OCC1CC2C=CC1C2)c1cc(C(=O)OCC2CC3C=CC2C3)cc(C(=O)OCC2CC3C=CC2C3)c1. The minimum atomic E-state index is -0.526. The molecule has 0 aliphatic heterocycles. The fourth-order valence-corrected chi connectivity index (χ4v) is 8.04. The van der Waals surface area contributed by atoms with Crippen molar-refractivity contribution in [3.63, 3.8) is 0 Å². The van der Waals surface area contributed by atoms with Gasteiger partial charge < -0.3 is 14.2 Å². The molecule has 6 heteroatoms. The summed E-state index contributed by atoms with van der Waals surface area (Å²) in [5.74, 6) is 2.58. The third-order valence-corrected chi connectivity index (χ3v) is 10.2. The van der Waals surface area contributed by atoms with Gasteiger partial charge in [0.1, 0.15) is 0 Å². The van der Waals surface area contributed by atoms with E-state index in [-0.39, 0.29) is 16.7 Å². The van der Waals surface area contributed by atoms with Crippen LogP contribution in [0.5, 0.6) is 0 Å². The van der Waals surface area contributed by atoms with Gasteiger partial charge in [0.2, 0.25) is 0 Å². The predicted octanol–water partition coefficient (Wildman–Crippen LogP) is 5.79. The summed E-state index contributed by atoms with van der Waals surface area (Å²) in [7, 11) is 0. The summed E-state index contributed by atoms with van der Waals surface area (Å²) in [6.45, 7) is 1.02. The summed E-state index contributed by atoms with van der Waals surface area (Å²) in [5, 5.41) is 0. The summed E-state index contributed by atoms with van der Waals surface area (Å²) in [6, 6.07) is 4.47. The molecule has 0 amide bonds. The van der Waals surface area contributed by atoms with Gasteiger partial charge in [0.05, 0.1) is 36.5 Å². The number of hydrogen-bond acceptors (Lipinski definition) is 6. The predicted molar refractivity (Wildman–Crippen MR) is 144 cm³/mol. The lowest BCUT2D eigenvalue weighted by atomic mass is 9.94. The molecule has 6 bridgehead atoms. The normalized spacial score (nSPS) is 36.2. The van der Waals surface area contributed by atoms with Crippen LogP contribution in [-0.4, -0.2) is 37.7 Å². The Morgan fingerprint density at radius 1 is 0.487 bits per heavy atom. The highest BCUT2D eigenvalue weighted by molar-refractivity contribution is 6.00. The maximum Gasteiger partial charge on any atom is 0.338 e. The summed E-state index contributed by atoms with van der Waals surface area (Å²) >= 11 is 0. The van der Waals surface area contributed by atoms with E-state index in [0.717, 1.165) is 38.5 Å². The molecule has 6 nitrogen and oxygen atoms in total. The second-order valence-electron chi connectivity index (χ2n) is 12.7. The lowest BCUT2D eigenvalue weighted by Gasteiger charge is -2.19. The number of fused-ring (bicyclic) bond motifs is 6. The van der Waals surface area contributed by atoms with Crippen LogP contribution in [0.2, 0.25) is 0 Å². The summed E-state index contributed by atoms with van der Waals surface area (Å²) in [6.07, 6.45) is 20.0. The number of hydrogen-bond donors (Lipinski definition) is 0. The Labute approximate surface area is 229 Å². The first-order valence-electron chi connectivity index (χ1n) is 14.7. The molecule has 0 N–H and O–H groups in total. The van der Waals surface area contributed by atoms with Gasteiger partial charge in [-0.25, -0.2) is 14.4 Å². The zero-order chi connectivity index (χ0) is 26.5. The molecule has 1 aromatic rings. The number of benzene rings is 1. The fraction of sp³-hybridized carbons (Fsp3) is 0.545. The number of allylic oxidation sites excluding steroid dienone is 6. The van der Waals surface area contributed by atoms with Crippen LogP contribution in [0, 0.1) is 53.3 Å². The monoisotopic (exact) mass is 528 g/mol. The molecule has 3 saturated carbocycles. The number of rotatable bonds is 9. The van der Waals surface area contributed by atoms with Crippen molar-refractivity contribution in [1.29, 1.82) is 0 Å². The van der Waals surface area contributed by atoms with E-state index < -0.39 is 17.9 Å². The number of ether oxygens (including phenoxy) is 3. The number of carbonyl (C=O) groups is 3. The zero-order valence-electron chi connectivity index (χ0n) is 22.2. The van der Waals surface area contributed by atoms with Crippen molar-refractivity contribution in [3.8, 4) is 0 Å². The standard InChI is InChI=1S/C33H36O6/c34-31(37-16-28-10-19-1-4-22(28)7-19)25-13-26(32(35)38-17-29-11-20-2-5-23(29)8-20)15-27(14-25)33(36)39-18-30-12-21-3-6-24(30)9-21/h1-6,13-15,19-24,28-30H,7-12,16-18H2. The van der Waals surface area contributed by atoms with Gasteiger partial charge in [0.25, 0.3) is 0 Å². The van der Waals surface area contributed by atoms with Gasteiger partial charge in [-0.15, -0.1) is 0 Å². The Hall–Kier alpha value is -3.15. The molecule has 0 heterocycles. The molecule has 0 aromatic heterocycles. The molecular weight excluding hydrogens is 492 g/mol. The third kappa shape index (κ3) is 4.99. The Balaban J connectivity index is 1.04. The summed E-state index contributed by atoms with van der Waals surface area (Å²) < 4.78 is 17.1. The molecule has 9 atom stereocenters. The van der Waals surface area contributed by atoms with Crippen molar-refractivity contribution in [2.45, 2.75) is 38.5 Å². The Bertz CT molecular complexity index is 1090. The smallest absolute Gasteiger partial charge is 0.338 e. The van der Waals surface area contributed by atoms with Crippen LogP contribution in [-0.2, 0) is 14.2 Å². The summed E-state index contributed by atoms with van der Waals surface area (Å²) in [5.41, 5.74) is 0.544. The quantitative estimate of drug-likeness (QED) is 0.229. The maximum atomic E-state index is 13.1. The van der Waals surface area contributed by atoms with Gasteiger partial charge in [0, 0.05) is 0 Å². The molecule has 6 aliphatic carbocycles. The average Bonchev–Trinajstić information content (AvgIpc) is 3.81. The largest absolute Gasteiger partial charge is 0.462 e. The van der Waals surface area contributed by atoms with Crippen molar-refractivity contribution in [1.82, 2.24) is 0 Å². The van der Waals surface area contributed by atoms with Crippen LogP contribution in [0.1, 0.15) is 69.6 Å². The second-order valence-corrected chi connectivity index (χ2v) is 12.7. The highest BCUT2D eigenvalue weighted by Gasteiger charge is 2.38. The Kier molecular flexibility index (Phi) is 6.44. The van der Waals surface area contributed by atoms with Gasteiger partial charge in [-0.05, 0) is 110 Å². The van der Waals surface area contributed by atoms with Gasteiger partial charge in [0.15, 0.2) is 0 Å². The first-order chi connectivity index (χ1) is 19.0. The van der Waals surface area contributed by atoms with Crippen LogP contribution in [0.3, 0.4) is 0 Å². The van der Waals surface area contributed by atoms with E-state index in [0.29, 0.717) is 73.1 Å². The van der Waals surface area contributed by atoms with Crippen molar-refractivity contribution in [3.05, 3.63) is 71.3 Å². The maximum absolute atomic E-state index is 13.1. The van der Waals surface area contributed by atoms with Gasteiger partial charge in [-0.1, -0.05) is 36.5 Å². The fourth-order valence-electron chi connectivity index (χ4n) is 8.04. The first kappa shape index (κ1) is 24.9. The number of carbonyl (C=O) groups excluding carboxylic acids is 3. The molecule has 3 fully saturated rings. The molecule has 39 heavy (non-hydrogen) atoms. The van der Waals surface area contributed by atoms with Gasteiger partial charge >= 0.3 is 17.9 Å². The molecule has 0 saturated heterocycles.